The van der Waals surface area contributed by atoms with Crippen LogP contribution in [0.5, 0.6) is 0 Å². The zero-order valence-corrected chi connectivity index (χ0v) is 35.7. The number of carbonyl (C=O) groups excluding carboxylic acids is 3. The molecule has 0 bridgehead atoms. The number of hydrogen-bond donors (Lipinski definition) is 1. The summed E-state index contributed by atoms with van der Waals surface area (Å²) < 4.78 is 5.90. The maximum atomic E-state index is 13.8. The number of urea groups is 1. The summed E-state index contributed by atoms with van der Waals surface area (Å²) in [6, 6.07) is 25.2. The Morgan fingerprint density at radius 1 is 0.688 bits per heavy atom. The molecule has 3 fully saturated rings. The van der Waals surface area contributed by atoms with E-state index in [9.17, 15) is 24.0 Å². The molecule has 7 aromatic rings. The summed E-state index contributed by atoms with van der Waals surface area (Å²) in [5.74, 6) is -0.145. The smallest absolute Gasteiger partial charge is 0.350 e. The largest absolute Gasteiger partial charge is 0.368 e. The Labute approximate surface area is 367 Å². The van der Waals surface area contributed by atoms with E-state index in [0.717, 1.165) is 76.6 Å². The van der Waals surface area contributed by atoms with Crippen LogP contribution in [0.1, 0.15) is 31.4 Å². The van der Waals surface area contributed by atoms with Crippen molar-refractivity contribution in [3.05, 3.63) is 130 Å². The van der Waals surface area contributed by atoms with Crippen molar-refractivity contribution in [2.45, 2.75) is 32.2 Å². The van der Waals surface area contributed by atoms with Crippen molar-refractivity contribution in [1.82, 2.24) is 38.8 Å². The molecule has 0 radical (unpaired) electrons. The van der Waals surface area contributed by atoms with E-state index in [0.29, 0.717) is 36.5 Å². The van der Waals surface area contributed by atoms with Crippen LogP contribution in [-0.4, -0.2) is 90.6 Å². The fraction of sp³-hybridized carbons (Fsp3) is 0.277. The molecule has 64 heavy (non-hydrogen) atoms. The lowest BCUT2D eigenvalue weighted by Crippen LogP contribution is -2.46. The van der Waals surface area contributed by atoms with Crippen LogP contribution in [0.15, 0.2) is 113 Å². The number of rotatable bonds is 9. The first-order chi connectivity index (χ1) is 31.1. The van der Waals surface area contributed by atoms with Gasteiger partial charge in [0, 0.05) is 89.1 Å². The standard InChI is InChI=1S/C47H46N12O5/c1-4-35-37(17-19-49-43(35)57-25-24-56(47(57)64)34-6-5-18-48-28-34)36-13-11-33(58-29-50-53(3)46(58)63)26-38(36)30-7-9-31(10-8-30)54-20-22-55(23-21-54)32-12-14-39-41(27-32)52(2)45(62)59(39)40-15-16-42(60)51-44(40)61/h5-14,17-19,26-29,40H,4,15-16,20-25H2,1-3H3,(H,51,60,61). The predicted molar refractivity (Wildman–Crippen MR) is 244 cm³/mol. The second kappa shape index (κ2) is 16.1. The molecule has 3 aliphatic rings. The molecule has 1 atom stereocenters. The number of hydrogen-bond acceptors (Lipinski definition) is 10. The summed E-state index contributed by atoms with van der Waals surface area (Å²) in [4.78, 5) is 81.9. The first-order valence-corrected chi connectivity index (χ1v) is 21.5. The van der Waals surface area contributed by atoms with Gasteiger partial charge in [0.15, 0.2) is 0 Å². The second-order valence-corrected chi connectivity index (χ2v) is 16.3. The highest BCUT2D eigenvalue weighted by Crippen LogP contribution is 2.40. The van der Waals surface area contributed by atoms with E-state index in [1.165, 1.54) is 20.1 Å². The summed E-state index contributed by atoms with van der Waals surface area (Å²) >= 11 is 0. The molecule has 0 saturated carbocycles. The van der Waals surface area contributed by atoms with Crippen LogP contribution in [0.4, 0.5) is 27.7 Å². The average molecular weight is 859 g/mol. The van der Waals surface area contributed by atoms with Crippen LogP contribution in [0, 0.1) is 0 Å². The summed E-state index contributed by atoms with van der Waals surface area (Å²) in [7, 11) is 3.33. The highest BCUT2D eigenvalue weighted by Gasteiger charge is 2.34. The summed E-state index contributed by atoms with van der Waals surface area (Å²) in [6.45, 7) is 6.12. The fourth-order valence-electron chi connectivity index (χ4n) is 9.37. The number of imidazole rings is 1. The van der Waals surface area contributed by atoms with Gasteiger partial charge < -0.3 is 9.80 Å². The summed E-state index contributed by atoms with van der Waals surface area (Å²) in [5.41, 5.74) is 9.05. The molecule has 17 nitrogen and oxygen atoms in total. The van der Waals surface area contributed by atoms with Gasteiger partial charge in [-0.2, -0.15) is 5.10 Å². The molecule has 1 N–H and O–H groups in total. The van der Waals surface area contributed by atoms with Gasteiger partial charge in [0.1, 0.15) is 18.2 Å². The molecule has 4 amide bonds. The van der Waals surface area contributed by atoms with E-state index in [1.807, 2.05) is 54.6 Å². The SMILES string of the molecule is CCc1c(-c2ccc(-n3cnn(C)c3=O)cc2-c2ccc(N3CCN(c4ccc5c(c4)n(C)c(=O)n5C4CCC(=O)NC4=O)CC3)cc2)ccnc1N1CCN(c2cccnc2)C1=O. The molecule has 3 aliphatic heterocycles. The van der Waals surface area contributed by atoms with Crippen molar-refractivity contribution in [3.8, 4) is 27.9 Å². The van der Waals surface area contributed by atoms with Crippen molar-refractivity contribution in [2.75, 3.05) is 58.9 Å². The fourth-order valence-corrected chi connectivity index (χ4v) is 9.37. The minimum absolute atomic E-state index is 0.148. The molecule has 4 aromatic heterocycles. The molecule has 1 unspecified atom stereocenters. The van der Waals surface area contributed by atoms with E-state index >= 15 is 0 Å². The number of fused-ring (bicyclic) bond motifs is 1. The van der Waals surface area contributed by atoms with Gasteiger partial charge in [-0.3, -0.25) is 38.8 Å². The number of pyridine rings is 2. The quantitative estimate of drug-likeness (QED) is 0.202. The van der Waals surface area contributed by atoms with Gasteiger partial charge in [-0.25, -0.2) is 28.6 Å². The molecule has 10 rings (SSSR count). The Morgan fingerprint density at radius 2 is 1.42 bits per heavy atom. The zero-order chi connectivity index (χ0) is 44.2. The molecule has 324 valence electrons. The van der Waals surface area contributed by atoms with Crippen LogP contribution < -0.4 is 36.3 Å². The predicted octanol–water partition coefficient (Wildman–Crippen LogP) is 4.66. The number of aromatic nitrogens is 7. The number of aryl methyl sites for hydroxylation is 2. The lowest BCUT2D eigenvalue weighted by molar-refractivity contribution is -0.135. The number of nitrogens with zero attached hydrogens (tertiary/aromatic N) is 11. The second-order valence-electron chi connectivity index (χ2n) is 16.3. The van der Waals surface area contributed by atoms with Gasteiger partial charge in [0.2, 0.25) is 11.8 Å². The maximum absolute atomic E-state index is 13.8. The molecular formula is C47H46N12O5. The van der Waals surface area contributed by atoms with Gasteiger partial charge in [-0.05, 0) is 95.8 Å². The van der Waals surface area contributed by atoms with Gasteiger partial charge in [-0.1, -0.05) is 25.1 Å². The van der Waals surface area contributed by atoms with Crippen molar-refractivity contribution in [2.24, 2.45) is 14.1 Å². The molecule has 3 aromatic carbocycles. The van der Waals surface area contributed by atoms with Crippen molar-refractivity contribution >= 4 is 51.8 Å². The Hall–Kier alpha value is -7.82. The van der Waals surface area contributed by atoms with E-state index in [2.05, 4.69) is 56.4 Å². The Balaban J connectivity index is 0.922. The van der Waals surface area contributed by atoms with E-state index < -0.39 is 11.9 Å². The number of piperidine rings is 1. The number of nitrogens with one attached hydrogen (secondary N) is 1. The lowest BCUT2D eigenvalue weighted by Gasteiger charge is -2.37. The molecule has 0 aliphatic carbocycles. The molecule has 17 heteroatoms. The van der Waals surface area contributed by atoms with Crippen LogP contribution >= 0.6 is 0 Å². The lowest BCUT2D eigenvalue weighted by atomic mass is 9.90. The van der Waals surface area contributed by atoms with Gasteiger partial charge in [0.05, 0.1) is 28.6 Å². The Bertz CT molecular complexity index is 3090. The van der Waals surface area contributed by atoms with Crippen LogP contribution in [-0.2, 0) is 30.1 Å². The molecule has 0 spiro atoms. The third kappa shape index (κ3) is 6.89. The van der Waals surface area contributed by atoms with Gasteiger partial charge in [-0.15, -0.1) is 0 Å². The minimum atomic E-state index is -0.731. The average Bonchev–Trinajstić information content (AvgIpc) is 3.96. The van der Waals surface area contributed by atoms with Crippen LogP contribution in [0.25, 0.3) is 39.0 Å². The number of imide groups is 1. The van der Waals surface area contributed by atoms with Gasteiger partial charge >= 0.3 is 17.4 Å². The van der Waals surface area contributed by atoms with E-state index in [1.54, 1.807) is 47.1 Å². The van der Waals surface area contributed by atoms with Crippen molar-refractivity contribution in [3.63, 3.8) is 0 Å². The summed E-state index contributed by atoms with van der Waals surface area (Å²) in [6.07, 6.45) is 7.77. The summed E-state index contributed by atoms with van der Waals surface area (Å²) in [5, 5.41) is 6.57. The molecule has 3 saturated heterocycles. The Kier molecular flexibility index (Phi) is 10.2. The minimum Gasteiger partial charge on any atom is -0.368 e. The highest BCUT2D eigenvalue weighted by molar-refractivity contribution is 6.06. The molecule has 7 heterocycles. The molecular weight excluding hydrogens is 813 g/mol. The van der Waals surface area contributed by atoms with Crippen molar-refractivity contribution < 1.29 is 14.4 Å². The highest BCUT2D eigenvalue weighted by atomic mass is 16.2. The number of amides is 4. The van der Waals surface area contributed by atoms with Crippen LogP contribution in [0.3, 0.4) is 0 Å². The third-order valence-electron chi connectivity index (χ3n) is 12.8. The van der Waals surface area contributed by atoms with Gasteiger partial charge in [0.25, 0.3) is 0 Å². The zero-order valence-electron chi connectivity index (χ0n) is 35.7. The number of carbonyl (C=O) groups is 3. The van der Waals surface area contributed by atoms with E-state index in [-0.39, 0.29) is 36.2 Å². The topological polar surface area (TPSA) is 169 Å². The van der Waals surface area contributed by atoms with Crippen molar-refractivity contribution in [1.29, 1.82) is 0 Å². The number of piperazine rings is 1. The third-order valence-corrected chi connectivity index (χ3v) is 12.8. The monoisotopic (exact) mass is 858 g/mol. The maximum Gasteiger partial charge on any atom is 0.350 e. The first kappa shape index (κ1) is 40.3. The Morgan fingerprint density at radius 3 is 2.12 bits per heavy atom. The van der Waals surface area contributed by atoms with Crippen LogP contribution in [0.2, 0.25) is 0 Å². The number of benzene rings is 3. The van der Waals surface area contributed by atoms with E-state index in [4.69, 9.17) is 4.98 Å². The number of anilines is 4. The first-order valence-electron chi connectivity index (χ1n) is 21.5. The normalized spacial score (nSPS) is 16.9.